The molecule has 9 nitrogen and oxygen atoms in total. The van der Waals surface area contributed by atoms with Gasteiger partial charge in [0.15, 0.2) is 0 Å². The Morgan fingerprint density at radius 2 is 1.55 bits per heavy atom. The van der Waals surface area contributed by atoms with Gasteiger partial charge in [-0.1, -0.05) is 57.5 Å². The molecule has 0 fully saturated rings. The molecule has 1 aromatic carbocycles. The SMILES string of the molecule is CCCCOC(=O)C(Cc1ccccc1)NC(=O)[C@H](CC(C)C)NC(=O)[C@H](CO)NC(C)=O. The standard InChI is InChI=1S/C24H37N3O6/c1-5-6-12-33-24(32)20(14-18-10-8-7-9-11-18)27-22(30)19(13-16(2)3)26-23(31)21(15-28)25-17(4)29/h7-11,16,19-21,28H,5-6,12-15H2,1-4H3,(H,25,29)(H,26,31)(H,27,30)/t19-,20?,21-/m0/s1. The highest BCUT2D eigenvalue weighted by molar-refractivity contribution is 5.93. The second-order valence-corrected chi connectivity index (χ2v) is 8.40. The molecule has 0 aliphatic rings. The van der Waals surface area contributed by atoms with Crippen molar-refractivity contribution < 1.29 is 29.0 Å². The van der Waals surface area contributed by atoms with Crippen LogP contribution in [0.2, 0.25) is 0 Å². The van der Waals surface area contributed by atoms with E-state index < -0.39 is 48.4 Å². The van der Waals surface area contributed by atoms with E-state index in [1.165, 1.54) is 6.92 Å². The van der Waals surface area contributed by atoms with E-state index in [-0.39, 0.29) is 18.9 Å². The van der Waals surface area contributed by atoms with Crippen molar-refractivity contribution in [3.05, 3.63) is 35.9 Å². The molecule has 3 atom stereocenters. The summed E-state index contributed by atoms with van der Waals surface area (Å²) in [6, 6.07) is 6.19. The molecular formula is C24H37N3O6. The summed E-state index contributed by atoms with van der Waals surface area (Å²) in [5.74, 6) is -2.18. The lowest BCUT2D eigenvalue weighted by atomic mass is 10.0. The first-order valence-corrected chi connectivity index (χ1v) is 11.4. The van der Waals surface area contributed by atoms with Crippen LogP contribution in [-0.4, -0.2) is 60.1 Å². The van der Waals surface area contributed by atoms with E-state index in [9.17, 15) is 24.3 Å². The molecule has 0 radical (unpaired) electrons. The Hall–Kier alpha value is -2.94. The monoisotopic (exact) mass is 463 g/mol. The molecule has 0 aromatic heterocycles. The van der Waals surface area contributed by atoms with Crippen molar-refractivity contribution in [3.63, 3.8) is 0 Å². The third-order valence-corrected chi connectivity index (χ3v) is 4.84. The fraction of sp³-hybridized carbons (Fsp3) is 0.583. The van der Waals surface area contributed by atoms with E-state index in [1.807, 2.05) is 51.1 Å². The molecule has 0 spiro atoms. The van der Waals surface area contributed by atoms with E-state index in [4.69, 9.17) is 4.74 Å². The maximum absolute atomic E-state index is 13.1. The molecule has 0 aliphatic heterocycles. The number of benzene rings is 1. The molecule has 33 heavy (non-hydrogen) atoms. The van der Waals surface area contributed by atoms with Gasteiger partial charge in [-0.05, 0) is 24.3 Å². The minimum absolute atomic E-state index is 0.0541. The number of aliphatic hydroxyl groups is 1. The number of amides is 3. The first kappa shape index (κ1) is 28.1. The summed E-state index contributed by atoms with van der Waals surface area (Å²) < 4.78 is 5.34. The average Bonchev–Trinajstić information content (AvgIpc) is 2.76. The summed E-state index contributed by atoms with van der Waals surface area (Å²) in [6.45, 7) is 6.65. The smallest absolute Gasteiger partial charge is 0.328 e. The highest BCUT2D eigenvalue weighted by Crippen LogP contribution is 2.09. The number of ether oxygens (including phenoxy) is 1. The Morgan fingerprint density at radius 3 is 2.09 bits per heavy atom. The zero-order chi connectivity index (χ0) is 24.8. The van der Waals surface area contributed by atoms with Crippen LogP contribution in [0.5, 0.6) is 0 Å². The van der Waals surface area contributed by atoms with Crippen molar-refractivity contribution >= 4 is 23.7 Å². The summed E-state index contributed by atoms with van der Waals surface area (Å²) in [4.78, 5) is 49.6. The first-order chi connectivity index (χ1) is 15.7. The van der Waals surface area contributed by atoms with E-state index >= 15 is 0 Å². The van der Waals surface area contributed by atoms with E-state index in [0.717, 1.165) is 18.4 Å². The predicted octanol–water partition coefficient (Wildman–Crippen LogP) is 1.09. The maximum Gasteiger partial charge on any atom is 0.328 e. The zero-order valence-electron chi connectivity index (χ0n) is 19.9. The van der Waals surface area contributed by atoms with Gasteiger partial charge in [0.25, 0.3) is 0 Å². The highest BCUT2D eigenvalue weighted by atomic mass is 16.5. The van der Waals surface area contributed by atoms with Crippen molar-refractivity contribution in [1.29, 1.82) is 0 Å². The Kier molecular flexibility index (Phi) is 12.8. The summed E-state index contributed by atoms with van der Waals surface area (Å²) in [5, 5.41) is 17.1. The number of carbonyl (C=O) groups excluding carboxylic acids is 4. The number of aliphatic hydroxyl groups excluding tert-OH is 1. The minimum atomic E-state index is -1.18. The predicted molar refractivity (Wildman–Crippen MR) is 124 cm³/mol. The number of nitrogens with one attached hydrogen (secondary N) is 3. The number of carbonyl (C=O) groups is 4. The number of hydrogen-bond acceptors (Lipinski definition) is 6. The van der Waals surface area contributed by atoms with Crippen molar-refractivity contribution in [2.24, 2.45) is 5.92 Å². The van der Waals surface area contributed by atoms with Crippen molar-refractivity contribution in [3.8, 4) is 0 Å². The Labute approximate surface area is 195 Å². The number of rotatable bonds is 14. The summed E-state index contributed by atoms with van der Waals surface area (Å²) >= 11 is 0. The fourth-order valence-electron chi connectivity index (χ4n) is 3.15. The van der Waals surface area contributed by atoms with Crippen LogP contribution in [0.1, 0.15) is 52.5 Å². The molecule has 1 aromatic rings. The molecule has 184 valence electrons. The first-order valence-electron chi connectivity index (χ1n) is 11.4. The van der Waals surface area contributed by atoms with Crippen LogP contribution in [-0.2, 0) is 30.3 Å². The Balaban J connectivity index is 2.99. The van der Waals surface area contributed by atoms with E-state index in [2.05, 4.69) is 16.0 Å². The quantitative estimate of drug-likeness (QED) is 0.241. The van der Waals surface area contributed by atoms with Crippen LogP contribution in [0, 0.1) is 5.92 Å². The molecule has 0 heterocycles. The van der Waals surface area contributed by atoms with Gasteiger partial charge in [-0.15, -0.1) is 0 Å². The van der Waals surface area contributed by atoms with E-state index in [0.29, 0.717) is 6.42 Å². The maximum atomic E-state index is 13.1. The lowest BCUT2D eigenvalue weighted by molar-refractivity contribution is -0.148. The third kappa shape index (κ3) is 11.0. The van der Waals surface area contributed by atoms with Crippen LogP contribution in [0.15, 0.2) is 30.3 Å². The van der Waals surface area contributed by atoms with Gasteiger partial charge in [-0.3, -0.25) is 14.4 Å². The largest absolute Gasteiger partial charge is 0.464 e. The lowest BCUT2D eigenvalue weighted by Gasteiger charge is -2.25. The Bertz CT molecular complexity index is 769. The average molecular weight is 464 g/mol. The molecule has 0 saturated heterocycles. The molecule has 1 rings (SSSR count). The fourth-order valence-corrected chi connectivity index (χ4v) is 3.15. The molecule has 0 saturated carbocycles. The molecule has 0 bridgehead atoms. The van der Waals surface area contributed by atoms with Crippen molar-refractivity contribution in [2.75, 3.05) is 13.2 Å². The number of esters is 1. The van der Waals surface area contributed by atoms with Crippen LogP contribution in [0.3, 0.4) is 0 Å². The van der Waals surface area contributed by atoms with Crippen molar-refractivity contribution in [1.82, 2.24) is 16.0 Å². The third-order valence-electron chi connectivity index (χ3n) is 4.84. The number of unbranched alkanes of at least 4 members (excludes halogenated alkanes) is 1. The van der Waals surface area contributed by atoms with Gasteiger partial charge in [0.05, 0.1) is 13.2 Å². The molecule has 1 unspecified atom stereocenters. The summed E-state index contributed by atoms with van der Waals surface area (Å²) in [5.41, 5.74) is 0.852. The minimum Gasteiger partial charge on any atom is -0.464 e. The molecule has 3 amide bonds. The van der Waals surface area contributed by atoms with Crippen molar-refractivity contribution in [2.45, 2.75) is 71.5 Å². The number of hydrogen-bond donors (Lipinski definition) is 4. The van der Waals surface area contributed by atoms with E-state index in [1.54, 1.807) is 0 Å². The Morgan fingerprint density at radius 1 is 0.939 bits per heavy atom. The van der Waals surface area contributed by atoms with Gasteiger partial charge in [-0.25, -0.2) is 4.79 Å². The molecule has 9 heteroatoms. The topological polar surface area (TPSA) is 134 Å². The molecular weight excluding hydrogens is 426 g/mol. The van der Waals surface area contributed by atoms with Gasteiger partial charge in [-0.2, -0.15) is 0 Å². The van der Waals surface area contributed by atoms with Crippen LogP contribution >= 0.6 is 0 Å². The van der Waals surface area contributed by atoms with Crippen LogP contribution in [0.25, 0.3) is 0 Å². The molecule has 0 aliphatic carbocycles. The van der Waals surface area contributed by atoms with Crippen LogP contribution in [0.4, 0.5) is 0 Å². The molecule has 4 N–H and O–H groups in total. The van der Waals surface area contributed by atoms with Gasteiger partial charge in [0, 0.05) is 13.3 Å². The van der Waals surface area contributed by atoms with Gasteiger partial charge in [0.1, 0.15) is 18.1 Å². The highest BCUT2D eigenvalue weighted by Gasteiger charge is 2.30. The zero-order valence-corrected chi connectivity index (χ0v) is 19.9. The summed E-state index contributed by atoms with van der Waals surface area (Å²) in [6.07, 6.45) is 2.13. The van der Waals surface area contributed by atoms with Gasteiger partial charge >= 0.3 is 5.97 Å². The normalized spacial score (nSPS) is 13.5. The van der Waals surface area contributed by atoms with Gasteiger partial charge < -0.3 is 25.8 Å². The lowest BCUT2D eigenvalue weighted by Crippen LogP contribution is -2.57. The second kappa shape index (κ2) is 15.0. The van der Waals surface area contributed by atoms with Crippen LogP contribution < -0.4 is 16.0 Å². The second-order valence-electron chi connectivity index (χ2n) is 8.40. The van der Waals surface area contributed by atoms with Gasteiger partial charge in [0.2, 0.25) is 17.7 Å². The summed E-state index contributed by atoms with van der Waals surface area (Å²) in [7, 11) is 0.